The van der Waals surface area contributed by atoms with Crippen molar-refractivity contribution in [1.29, 1.82) is 0 Å². The van der Waals surface area contributed by atoms with Gasteiger partial charge in [-0.1, -0.05) is 332 Å². The highest BCUT2D eigenvalue weighted by Gasteiger charge is 2.37. The van der Waals surface area contributed by atoms with E-state index in [1.807, 2.05) is 66.9 Å². The number of fused-ring (bicyclic) bond motifs is 6. The quantitative estimate of drug-likeness (QED) is 0.0276. The zero-order valence-electron chi connectivity index (χ0n) is 73.9. The molecule has 4 atom stereocenters. The van der Waals surface area contributed by atoms with E-state index < -0.39 is 23.3 Å². The van der Waals surface area contributed by atoms with Crippen molar-refractivity contribution in [3.05, 3.63) is 216 Å². The van der Waals surface area contributed by atoms with Gasteiger partial charge in [0, 0.05) is 66.2 Å². The number of allylic oxidation sites excluding steroid dienone is 7. The van der Waals surface area contributed by atoms with Crippen LogP contribution in [-0.4, -0.2) is 65.7 Å². The Morgan fingerprint density at radius 3 is 1.10 bits per heavy atom. The van der Waals surface area contributed by atoms with Crippen LogP contribution in [0.2, 0.25) is 0 Å². The number of thioether (sulfide) groups is 2. The van der Waals surface area contributed by atoms with Gasteiger partial charge in [-0.05, 0) is 160 Å². The summed E-state index contributed by atoms with van der Waals surface area (Å²) in [5, 5.41) is 18.3. The van der Waals surface area contributed by atoms with E-state index in [4.69, 9.17) is 0 Å². The predicted octanol–water partition coefficient (Wildman–Crippen LogP) is 35.5. The minimum atomic E-state index is -0.906. The molecule has 14 rings (SSSR count). The molecule has 10 aromatic rings. The fourth-order valence-electron chi connectivity index (χ4n) is 17.5. The van der Waals surface area contributed by atoms with Gasteiger partial charge in [-0.15, -0.1) is 68.9 Å². The summed E-state index contributed by atoms with van der Waals surface area (Å²) in [6, 6.07) is 29.1. The fourth-order valence-corrected chi connectivity index (χ4v) is 25.0. The molecule has 0 saturated heterocycles. The third kappa shape index (κ3) is 27.7. The SMILES string of the molecule is C.C/C=C/c1ccc2c(c1)SC1C=C(/C=C/c3ccc(-c4c(F)c(F)c(-c5ccc(C)s5)c5nn(C)nc45)s3)C=CC1N2CCCCCCCCCCCCCCCCCCCC.C=CC1=CC2Sc3cc(C=C)ccc3N(CCCCCCCCCCCCCCCCCCCC)C2C=C1.Cn1nc2c(-c3ccc(Br)s3)c(F)c(F)c(-c3ccc(Br)s3)c2n1. The molecule has 6 aromatic heterocycles. The zero-order chi connectivity index (χ0) is 87.1. The second-order valence-electron chi connectivity index (χ2n) is 33.7. The average Bonchev–Trinajstić information content (AvgIpc) is 1.64. The molecule has 0 saturated carbocycles. The van der Waals surface area contributed by atoms with E-state index in [1.54, 1.807) is 38.4 Å². The number of hydrogen-bond donors (Lipinski definition) is 0. The van der Waals surface area contributed by atoms with Gasteiger partial charge < -0.3 is 9.80 Å². The lowest BCUT2D eigenvalue weighted by Gasteiger charge is -2.42. The molecule has 0 bridgehead atoms. The Bertz CT molecular complexity index is 5200. The van der Waals surface area contributed by atoms with Crippen LogP contribution in [0.25, 0.3) is 82.1 Å². The first kappa shape index (κ1) is 99.0. The Labute approximate surface area is 786 Å². The Morgan fingerprint density at radius 1 is 0.392 bits per heavy atom. The summed E-state index contributed by atoms with van der Waals surface area (Å²) in [4.78, 5) is 15.2. The van der Waals surface area contributed by atoms with Crippen LogP contribution in [0.5, 0.6) is 0 Å². The number of anilines is 2. The molecule has 125 heavy (non-hydrogen) atoms. The number of aryl methyl sites for hydroxylation is 3. The molecule has 2 aliphatic heterocycles. The van der Waals surface area contributed by atoms with E-state index in [-0.39, 0.29) is 34.9 Å². The van der Waals surface area contributed by atoms with Crippen molar-refractivity contribution in [2.75, 3.05) is 22.9 Å². The van der Waals surface area contributed by atoms with Crippen LogP contribution in [0.1, 0.15) is 280 Å². The molecule has 4 aliphatic rings. The molecule has 0 fully saturated rings. The summed E-state index contributed by atoms with van der Waals surface area (Å²) < 4.78 is 63.4. The number of thiophene rings is 4. The first-order valence-corrected chi connectivity index (χ1v) is 52.8. The largest absolute Gasteiger partial charge is 0.363 e. The third-order valence-electron chi connectivity index (χ3n) is 24.1. The van der Waals surface area contributed by atoms with Crippen molar-refractivity contribution in [3.8, 4) is 41.8 Å². The standard InChI is InChI=1S/C53H66F2N4S3.C36H55NS.C15H7Br2F2N3S2.CH4/c1-5-7-8-9-10-11-12-13-14-15-16-17-18-19-20-21-22-23-35-59-42-31-27-39(24-6-2)36-46(42)62-47-37-40(28-32-43(47)59)26-29-41-30-34-45(61-41)49-51(55)50(54)48(44-33-25-38(3)60-44)52-53(49)57-58(4)56-52;1-4-7-8-9-10-11-12-13-14-15-16-17-18-19-20-21-22-23-28-37-33-26-24-31(5-2)29-35(33)38-36-30-32(6-3)25-27-34(36)37;1-22-20-14-10(6-2-4-8(16)23-6)12(18)13(19)11(15(14)21-22)7-3-5-9(17)24-7;/h6,24-34,36-37,43,47H,5,7-23,35H2,1-4H3;5-6,24-27,29-30,33,35H,2-4,7-23,28H2,1H3;2-5H,1H3;1H4/b24-6+,29-26+;;;. The van der Waals surface area contributed by atoms with Crippen LogP contribution in [0.15, 0.2) is 181 Å². The topological polar surface area (TPSA) is 67.9 Å². The number of aromatic nitrogens is 6. The van der Waals surface area contributed by atoms with Gasteiger partial charge in [0.05, 0.1) is 63.8 Å². The van der Waals surface area contributed by atoms with Crippen LogP contribution < -0.4 is 9.80 Å². The maximum Gasteiger partial charge on any atom is 0.170 e. The number of nitrogens with zero attached hydrogens (tertiary/aromatic N) is 8. The van der Waals surface area contributed by atoms with Gasteiger partial charge in [0.15, 0.2) is 23.3 Å². The van der Waals surface area contributed by atoms with Crippen LogP contribution in [0.4, 0.5) is 28.9 Å². The Morgan fingerprint density at radius 2 is 0.736 bits per heavy atom. The summed E-state index contributed by atoms with van der Waals surface area (Å²) in [6.45, 7) is 18.8. The first-order valence-electron chi connectivity index (χ1n) is 46.2. The summed E-state index contributed by atoms with van der Waals surface area (Å²) >= 11 is 16.2. The van der Waals surface area contributed by atoms with Crippen LogP contribution in [0, 0.1) is 30.2 Å². The molecule has 4 unspecified atom stereocenters. The van der Waals surface area contributed by atoms with E-state index in [2.05, 4.69) is 193 Å². The lowest BCUT2D eigenvalue weighted by molar-refractivity contribution is 0.516. The van der Waals surface area contributed by atoms with E-state index in [1.165, 1.54) is 324 Å². The molecule has 0 N–H and O–H groups in total. The minimum absolute atomic E-state index is 0. The number of halogens is 6. The van der Waals surface area contributed by atoms with Gasteiger partial charge in [0.1, 0.15) is 22.1 Å². The Kier molecular flexibility index (Phi) is 40.9. The van der Waals surface area contributed by atoms with Gasteiger partial charge in [0.25, 0.3) is 0 Å². The van der Waals surface area contributed by atoms with Gasteiger partial charge in [-0.25, -0.2) is 17.6 Å². The maximum absolute atomic E-state index is 16.0. The molecule has 0 amide bonds. The van der Waals surface area contributed by atoms with E-state index in [9.17, 15) is 8.78 Å². The maximum atomic E-state index is 16.0. The zero-order valence-corrected chi connectivity index (χ0v) is 82.0. The van der Waals surface area contributed by atoms with Crippen LogP contribution in [0.3, 0.4) is 0 Å². The Hall–Kier alpha value is -6.62. The van der Waals surface area contributed by atoms with Crippen molar-refractivity contribution < 1.29 is 17.6 Å². The molecular weight excluding hydrogens is 1800 g/mol. The highest BCUT2D eigenvalue weighted by molar-refractivity contribution is 9.11. The molecule has 0 spiro atoms. The van der Waals surface area contributed by atoms with E-state index in [0.29, 0.717) is 58.9 Å². The van der Waals surface area contributed by atoms with Crippen molar-refractivity contribution in [1.82, 2.24) is 30.0 Å². The predicted molar refractivity (Wildman–Crippen MR) is 547 cm³/mol. The Balaban J connectivity index is 0.000000203. The highest BCUT2D eigenvalue weighted by atomic mass is 79.9. The fraction of sp³-hybridized carbons (Fsp3) is 0.467. The number of hydrogen-bond acceptors (Lipinski definition) is 12. The third-order valence-corrected chi connectivity index (χ3v) is 32.0. The smallest absolute Gasteiger partial charge is 0.170 e. The molecular formula is C105H132Br2F4N8S6. The number of rotatable bonds is 47. The normalized spacial score (nSPS) is 15.8. The molecule has 2 aliphatic carbocycles. The summed E-state index contributed by atoms with van der Waals surface area (Å²) in [5.74, 6) is -3.58. The molecule has 8 heterocycles. The van der Waals surface area contributed by atoms with Gasteiger partial charge >= 0.3 is 0 Å². The van der Waals surface area contributed by atoms with Crippen molar-refractivity contribution in [3.63, 3.8) is 0 Å². The molecule has 20 heteroatoms. The molecule has 8 nitrogen and oxygen atoms in total. The summed E-state index contributed by atoms with van der Waals surface area (Å²) in [5.41, 5.74) is 9.66. The summed E-state index contributed by atoms with van der Waals surface area (Å²) in [7, 11) is 3.33. The first-order chi connectivity index (χ1) is 60.6. The lowest BCUT2D eigenvalue weighted by Crippen LogP contribution is -2.45. The van der Waals surface area contributed by atoms with Gasteiger partial charge in [0.2, 0.25) is 0 Å². The van der Waals surface area contributed by atoms with Crippen molar-refractivity contribution in [2.45, 2.75) is 299 Å². The van der Waals surface area contributed by atoms with Gasteiger partial charge in [-0.3, -0.25) is 0 Å². The molecule has 670 valence electrons. The van der Waals surface area contributed by atoms with Crippen molar-refractivity contribution >= 4 is 152 Å². The highest BCUT2D eigenvalue weighted by Crippen LogP contribution is 2.50. The lowest BCUT2D eigenvalue weighted by atomic mass is 9.98. The van der Waals surface area contributed by atoms with E-state index >= 15 is 8.78 Å². The van der Waals surface area contributed by atoms with Crippen LogP contribution in [-0.2, 0) is 14.1 Å². The monoisotopic (exact) mass is 1930 g/mol. The van der Waals surface area contributed by atoms with Crippen LogP contribution >= 0.6 is 101 Å². The second kappa shape index (κ2) is 51.7. The molecule has 4 aromatic carbocycles. The summed E-state index contributed by atoms with van der Waals surface area (Å²) in [6.07, 6.45) is 77.2. The minimum Gasteiger partial charge on any atom is -0.363 e. The number of benzene rings is 4. The van der Waals surface area contributed by atoms with E-state index in [0.717, 1.165) is 36.0 Å². The second-order valence-corrected chi connectivity index (χ2v) is 43.4. The van der Waals surface area contributed by atoms with Gasteiger partial charge in [-0.2, -0.15) is 30.0 Å². The number of unbranched alkanes of at least 4 members (excludes halogenated alkanes) is 34. The molecule has 0 radical (unpaired) electrons. The average molecular weight is 1930 g/mol. The van der Waals surface area contributed by atoms with Crippen molar-refractivity contribution in [2.24, 2.45) is 14.1 Å².